The summed E-state index contributed by atoms with van der Waals surface area (Å²) in [5, 5.41) is 10.8. The third-order valence-electron chi connectivity index (χ3n) is 4.02. The summed E-state index contributed by atoms with van der Waals surface area (Å²) >= 11 is 0. The van der Waals surface area contributed by atoms with E-state index < -0.39 is 0 Å². The highest BCUT2D eigenvalue weighted by molar-refractivity contribution is 5.56. The van der Waals surface area contributed by atoms with Gasteiger partial charge in [-0.2, -0.15) is 0 Å². The summed E-state index contributed by atoms with van der Waals surface area (Å²) in [5.41, 5.74) is 7.73. The van der Waals surface area contributed by atoms with Gasteiger partial charge in [-0.05, 0) is 51.3 Å². The molecule has 104 valence electrons. The number of hydrogen-bond acceptors (Lipinski definition) is 4. The average Bonchev–Trinajstić information content (AvgIpc) is 2.38. The van der Waals surface area contributed by atoms with Crippen LogP contribution >= 0.6 is 0 Å². The Morgan fingerprint density at radius 2 is 2.21 bits per heavy atom. The zero-order valence-corrected chi connectivity index (χ0v) is 11.5. The van der Waals surface area contributed by atoms with E-state index in [0.717, 1.165) is 18.7 Å². The molecule has 0 spiro atoms. The Kier molecular flexibility index (Phi) is 4.04. The Balaban J connectivity index is 2.25. The summed E-state index contributed by atoms with van der Waals surface area (Å²) in [4.78, 5) is 12.8. The molecule has 2 rings (SSSR count). The molecule has 0 bridgehead atoms. The summed E-state index contributed by atoms with van der Waals surface area (Å²) in [6.45, 7) is 5.63. The normalized spacial score (nSPS) is 23.4. The van der Waals surface area contributed by atoms with Gasteiger partial charge in [-0.25, -0.2) is 0 Å². The Labute approximate surface area is 113 Å². The zero-order valence-electron chi connectivity index (χ0n) is 11.5. The molecule has 5 heteroatoms. The maximum Gasteiger partial charge on any atom is 0.272 e. The molecule has 1 aromatic rings. The van der Waals surface area contributed by atoms with E-state index in [9.17, 15) is 10.1 Å². The smallest absolute Gasteiger partial charge is 0.272 e. The van der Waals surface area contributed by atoms with Crippen LogP contribution in [-0.2, 0) is 0 Å². The number of piperidine rings is 1. The second-order valence-corrected chi connectivity index (χ2v) is 5.41. The average molecular weight is 263 g/mol. The molecule has 0 amide bonds. The van der Waals surface area contributed by atoms with Crippen LogP contribution in [0, 0.1) is 23.0 Å². The molecule has 0 radical (unpaired) electrons. The molecule has 1 aromatic carbocycles. The third kappa shape index (κ3) is 2.87. The quantitative estimate of drug-likeness (QED) is 0.671. The number of benzene rings is 1. The number of anilines is 1. The zero-order chi connectivity index (χ0) is 14.0. The summed E-state index contributed by atoms with van der Waals surface area (Å²) in [6.07, 6.45) is 2.29. The largest absolute Gasteiger partial charge is 0.368 e. The van der Waals surface area contributed by atoms with E-state index in [4.69, 9.17) is 5.73 Å². The second kappa shape index (κ2) is 5.57. The molecule has 1 heterocycles. The van der Waals surface area contributed by atoms with Gasteiger partial charge >= 0.3 is 0 Å². The van der Waals surface area contributed by atoms with Crippen LogP contribution in [0.2, 0.25) is 0 Å². The molecule has 1 aliphatic heterocycles. The van der Waals surface area contributed by atoms with Gasteiger partial charge < -0.3 is 10.6 Å². The van der Waals surface area contributed by atoms with Gasteiger partial charge in [0.05, 0.1) is 4.92 Å². The molecule has 1 saturated heterocycles. The van der Waals surface area contributed by atoms with Gasteiger partial charge in [0.25, 0.3) is 5.69 Å². The summed E-state index contributed by atoms with van der Waals surface area (Å²) in [6, 6.07) is 5.82. The molecule has 1 fully saturated rings. The number of nitrogens with two attached hydrogens (primary N) is 1. The topological polar surface area (TPSA) is 72.4 Å². The Morgan fingerprint density at radius 3 is 2.79 bits per heavy atom. The lowest BCUT2D eigenvalue weighted by Gasteiger charge is -2.39. The molecule has 2 atom stereocenters. The van der Waals surface area contributed by atoms with Crippen molar-refractivity contribution in [3.8, 4) is 0 Å². The van der Waals surface area contributed by atoms with Crippen molar-refractivity contribution >= 4 is 11.4 Å². The van der Waals surface area contributed by atoms with Crippen molar-refractivity contribution in [1.82, 2.24) is 0 Å². The molecule has 19 heavy (non-hydrogen) atoms. The van der Waals surface area contributed by atoms with Crippen LogP contribution in [-0.4, -0.2) is 24.1 Å². The van der Waals surface area contributed by atoms with Gasteiger partial charge in [0, 0.05) is 29.9 Å². The van der Waals surface area contributed by atoms with E-state index in [2.05, 4.69) is 11.8 Å². The van der Waals surface area contributed by atoms with Gasteiger partial charge in [-0.15, -0.1) is 0 Å². The predicted octanol–water partition coefficient (Wildman–Crippen LogP) is 2.47. The number of hydrogen-bond donors (Lipinski definition) is 1. The SMILES string of the molecule is Cc1cc(N2CC(CN)CCC2C)ccc1[N+](=O)[O-]. The first kappa shape index (κ1) is 13.8. The Bertz CT molecular complexity index is 476. The monoisotopic (exact) mass is 263 g/mol. The Hall–Kier alpha value is -1.62. The van der Waals surface area contributed by atoms with Crippen molar-refractivity contribution < 1.29 is 4.92 Å². The van der Waals surface area contributed by atoms with Gasteiger partial charge in [-0.1, -0.05) is 0 Å². The number of nitrogens with zero attached hydrogens (tertiary/aromatic N) is 2. The van der Waals surface area contributed by atoms with Crippen LogP contribution in [0.1, 0.15) is 25.3 Å². The van der Waals surface area contributed by atoms with E-state index >= 15 is 0 Å². The van der Waals surface area contributed by atoms with Crippen LogP contribution in [0.15, 0.2) is 18.2 Å². The summed E-state index contributed by atoms with van der Waals surface area (Å²) in [7, 11) is 0. The molecule has 2 N–H and O–H groups in total. The van der Waals surface area contributed by atoms with E-state index in [1.165, 1.54) is 6.42 Å². The maximum atomic E-state index is 10.8. The lowest BCUT2D eigenvalue weighted by atomic mass is 9.93. The first-order chi connectivity index (χ1) is 9.02. The van der Waals surface area contributed by atoms with Gasteiger partial charge in [0.1, 0.15) is 0 Å². The fourth-order valence-electron chi connectivity index (χ4n) is 2.76. The van der Waals surface area contributed by atoms with Crippen molar-refractivity contribution in [2.24, 2.45) is 11.7 Å². The predicted molar refractivity (Wildman–Crippen MR) is 76.4 cm³/mol. The number of nitro benzene ring substituents is 1. The van der Waals surface area contributed by atoms with Crippen molar-refractivity contribution in [3.63, 3.8) is 0 Å². The standard InChI is InChI=1S/C14H21N3O2/c1-10-7-13(5-6-14(10)17(18)19)16-9-12(8-15)4-3-11(16)2/h5-7,11-12H,3-4,8-9,15H2,1-2H3. The molecule has 5 nitrogen and oxygen atoms in total. The van der Waals surface area contributed by atoms with Crippen LogP contribution < -0.4 is 10.6 Å². The van der Waals surface area contributed by atoms with Crippen molar-refractivity contribution in [1.29, 1.82) is 0 Å². The molecular formula is C14H21N3O2. The van der Waals surface area contributed by atoms with Gasteiger partial charge in [-0.3, -0.25) is 10.1 Å². The van der Waals surface area contributed by atoms with Crippen molar-refractivity contribution in [2.75, 3.05) is 18.0 Å². The molecule has 0 aliphatic carbocycles. The number of rotatable bonds is 3. The van der Waals surface area contributed by atoms with Crippen molar-refractivity contribution in [2.45, 2.75) is 32.7 Å². The Morgan fingerprint density at radius 1 is 1.47 bits per heavy atom. The summed E-state index contributed by atoms with van der Waals surface area (Å²) in [5.74, 6) is 0.520. The van der Waals surface area contributed by atoms with Crippen LogP contribution in [0.3, 0.4) is 0 Å². The fourth-order valence-corrected chi connectivity index (χ4v) is 2.76. The number of nitro groups is 1. The van der Waals surface area contributed by atoms with Gasteiger partial charge in [0.2, 0.25) is 0 Å². The van der Waals surface area contributed by atoms with Crippen LogP contribution in [0.5, 0.6) is 0 Å². The minimum Gasteiger partial charge on any atom is -0.368 e. The van der Waals surface area contributed by atoms with E-state index in [1.54, 1.807) is 13.0 Å². The molecule has 0 saturated carbocycles. The van der Waals surface area contributed by atoms with Gasteiger partial charge in [0.15, 0.2) is 0 Å². The van der Waals surface area contributed by atoms with E-state index in [0.29, 0.717) is 24.1 Å². The molecule has 2 unspecified atom stereocenters. The first-order valence-electron chi connectivity index (χ1n) is 6.74. The molecule has 0 aromatic heterocycles. The third-order valence-corrected chi connectivity index (χ3v) is 4.02. The highest BCUT2D eigenvalue weighted by Gasteiger charge is 2.25. The molecular weight excluding hydrogens is 242 g/mol. The van der Waals surface area contributed by atoms with Crippen molar-refractivity contribution in [3.05, 3.63) is 33.9 Å². The minimum atomic E-state index is -0.332. The van der Waals surface area contributed by atoms with E-state index in [1.807, 2.05) is 12.1 Å². The van der Waals surface area contributed by atoms with E-state index in [-0.39, 0.29) is 10.6 Å². The molecule has 1 aliphatic rings. The highest BCUT2D eigenvalue weighted by atomic mass is 16.6. The highest BCUT2D eigenvalue weighted by Crippen LogP contribution is 2.30. The second-order valence-electron chi connectivity index (χ2n) is 5.41. The lowest BCUT2D eigenvalue weighted by molar-refractivity contribution is -0.385. The lowest BCUT2D eigenvalue weighted by Crippen LogP contribution is -2.44. The van der Waals surface area contributed by atoms with Crippen LogP contribution in [0.4, 0.5) is 11.4 Å². The minimum absolute atomic E-state index is 0.184. The summed E-state index contributed by atoms with van der Waals surface area (Å²) < 4.78 is 0. The van der Waals surface area contributed by atoms with Crippen LogP contribution in [0.25, 0.3) is 0 Å². The fraction of sp³-hybridized carbons (Fsp3) is 0.571. The first-order valence-corrected chi connectivity index (χ1v) is 6.74. The number of aryl methyl sites for hydroxylation is 1. The maximum absolute atomic E-state index is 10.8.